The normalized spacial score (nSPS) is 20.6. The van der Waals surface area contributed by atoms with E-state index in [1.54, 1.807) is 31.2 Å². The van der Waals surface area contributed by atoms with Crippen LogP contribution >= 0.6 is 0 Å². The summed E-state index contributed by atoms with van der Waals surface area (Å²) in [7, 11) is -3.54. The summed E-state index contributed by atoms with van der Waals surface area (Å²) in [6.45, 7) is 1.72. The molecule has 2 aliphatic carbocycles. The van der Waals surface area contributed by atoms with Crippen molar-refractivity contribution in [3.05, 3.63) is 24.3 Å². The monoisotopic (exact) mass is 422 g/mol. The second-order valence-corrected chi connectivity index (χ2v) is 10.1. The molecule has 162 valence electrons. The molecule has 0 radical (unpaired) electrons. The van der Waals surface area contributed by atoms with E-state index in [4.69, 9.17) is 4.74 Å². The van der Waals surface area contributed by atoms with E-state index in [2.05, 4.69) is 10.0 Å². The minimum atomic E-state index is -3.54. The van der Waals surface area contributed by atoms with Gasteiger partial charge in [0.15, 0.2) is 6.10 Å². The van der Waals surface area contributed by atoms with Gasteiger partial charge in [0.25, 0.3) is 5.91 Å². The zero-order valence-electron chi connectivity index (χ0n) is 17.4. The molecule has 7 heteroatoms. The molecule has 0 aromatic heterocycles. The molecule has 2 aliphatic rings. The Morgan fingerprint density at radius 3 is 2.00 bits per heavy atom. The summed E-state index contributed by atoms with van der Waals surface area (Å²) < 4.78 is 33.9. The third-order valence-electron chi connectivity index (χ3n) is 5.94. The average Bonchev–Trinajstić information content (AvgIpc) is 2.97. The molecule has 3 rings (SSSR count). The topological polar surface area (TPSA) is 84.5 Å². The third kappa shape index (κ3) is 6.71. The summed E-state index contributed by atoms with van der Waals surface area (Å²) in [5, 5.41) is 3.06. The standard InChI is InChI=1S/C22H34N2O4S/c1-17(22(25)23-18-9-7-4-8-10-18)28-20-13-15-21(16-14-20)29(26,27)24-19-11-5-2-3-6-12-19/h13-19,24H,2-12H2,1H3,(H,23,25)/t17-/m1/s1. The van der Waals surface area contributed by atoms with Crippen molar-refractivity contribution in [2.75, 3.05) is 0 Å². The Hall–Kier alpha value is -1.60. The van der Waals surface area contributed by atoms with Gasteiger partial charge < -0.3 is 10.1 Å². The SMILES string of the molecule is C[C@@H](Oc1ccc(S(=O)(=O)NC2CCCCCC2)cc1)C(=O)NC1CCCCC1. The molecule has 1 amide bonds. The van der Waals surface area contributed by atoms with E-state index in [-0.39, 0.29) is 22.9 Å². The Morgan fingerprint density at radius 1 is 0.897 bits per heavy atom. The summed E-state index contributed by atoms with van der Waals surface area (Å²) in [4.78, 5) is 12.6. The Bertz CT molecular complexity index is 750. The fourth-order valence-electron chi connectivity index (χ4n) is 4.21. The summed E-state index contributed by atoms with van der Waals surface area (Å²) >= 11 is 0. The predicted molar refractivity (Wildman–Crippen MR) is 113 cm³/mol. The van der Waals surface area contributed by atoms with Gasteiger partial charge in [-0.15, -0.1) is 0 Å². The highest BCUT2D eigenvalue weighted by Gasteiger charge is 2.23. The molecule has 2 fully saturated rings. The van der Waals surface area contributed by atoms with Crippen molar-refractivity contribution in [3.63, 3.8) is 0 Å². The molecule has 0 unspecified atom stereocenters. The van der Waals surface area contributed by atoms with Gasteiger partial charge in [0.1, 0.15) is 5.75 Å². The van der Waals surface area contributed by atoms with Crippen molar-refractivity contribution in [2.45, 2.75) is 101 Å². The van der Waals surface area contributed by atoms with Gasteiger partial charge in [-0.1, -0.05) is 44.9 Å². The van der Waals surface area contributed by atoms with Crippen LogP contribution in [0.4, 0.5) is 0 Å². The number of benzene rings is 1. The largest absolute Gasteiger partial charge is 0.481 e. The highest BCUT2D eigenvalue weighted by Crippen LogP contribution is 2.22. The van der Waals surface area contributed by atoms with Gasteiger partial charge in [0.05, 0.1) is 4.90 Å². The number of amides is 1. The first-order chi connectivity index (χ1) is 13.9. The summed E-state index contributed by atoms with van der Waals surface area (Å²) in [5.41, 5.74) is 0. The van der Waals surface area contributed by atoms with E-state index in [1.807, 2.05) is 0 Å². The zero-order chi connectivity index (χ0) is 20.7. The Kier molecular flexibility index (Phi) is 7.95. The van der Waals surface area contributed by atoms with Gasteiger partial charge in [-0.3, -0.25) is 4.79 Å². The Balaban J connectivity index is 1.53. The highest BCUT2D eigenvalue weighted by molar-refractivity contribution is 7.89. The van der Waals surface area contributed by atoms with Gasteiger partial charge >= 0.3 is 0 Å². The number of carbonyl (C=O) groups is 1. The van der Waals surface area contributed by atoms with E-state index < -0.39 is 16.1 Å². The lowest BCUT2D eigenvalue weighted by Gasteiger charge is -2.24. The maximum absolute atomic E-state index is 12.7. The van der Waals surface area contributed by atoms with E-state index in [0.29, 0.717) is 5.75 Å². The number of rotatable bonds is 7. The number of sulfonamides is 1. The number of hydrogen-bond acceptors (Lipinski definition) is 4. The molecule has 6 nitrogen and oxygen atoms in total. The van der Waals surface area contributed by atoms with Crippen molar-refractivity contribution in [3.8, 4) is 5.75 Å². The maximum Gasteiger partial charge on any atom is 0.260 e. The molecule has 1 aromatic carbocycles. The van der Waals surface area contributed by atoms with Crippen molar-refractivity contribution in [1.29, 1.82) is 0 Å². The van der Waals surface area contributed by atoms with Crippen LogP contribution < -0.4 is 14.8 Å². The molecule has 1 atom stereocenters. The van der Waals surface area contributed by atoms with Crippen molar-refractivity contribution < 1.29 is 17.9 Å². The van der Waals surface area contributed by atoms with Gasteiger partial charge in [0, 0.05) is 12.1 Å². The van der Waals surface area contributed by atoms with E-state index in [0.717, 1.165) is 51.4 Å². The minimum Gasteiger partial charge on any atom is -0.481 e. The molecule has 29 heavy (non-hydrogen) atoms. The van der Waals surface area contributed by atoms with Crippen molar-refractivity contribution >= 4 is 15.9 Å². The lowest BCUT2D eigenvalue weighted by molar-refractivity contribution is -0.128. The fourth-order valence-corrected chi connectivity index (χ4v) is 5.51. The van der Waals surface area contributed by atoms with Gasteiger partial charge in [-0.05, 0) is 56.9 Å². The number of carbonyl (C=O) groups excluding carboxylic acids is 1. The quantitative estimate of drug-likeness (QED) is 0.653. The van der Waals surface area contributed by atoms with E-state index in [9.17, 15) is 13.2 Å². The third-order valence-corrected chi connectivity index (χ3v) is 7.48. The zero-order valence-corrected chi connectivity index (χ0v) is 18.2. The van der Waals surface area contributed by atoms with Crippen molar-refractivity contribution in [2.24, 2.45) is 0 Å². The molecular weight excluding hydrogens is 388 g/mol. The van der Waals surface area contributed by atoms with Crippen LogP contribution in [0, 0.1) is 0 Å². The molecular formula is C22H34N2O4S. The lowest BCUT2D eigenvalue weighted by atomic mass is 9.95. The number of ether oxygens (including phenoxy) is 1. The molecule has 0 saturated heterocycles. The fraction of sp³-hybridized carbons (Fsp3) is 0.682. The molecule has 2 N–H and O–H groups in total. The van der Waals surface area contributed by atoms with Crippen LogP contribution in [0.1, 0.15) is 77.6 Å². The van der Waals surface area contributed by atoms with Gasteiger partial charge in [0.2, 0.25) is 10.0 Å². The smallest absolute Gasteiger partial charge is 0.260 e. The van der Waals surface area contributed by atoms with Crippen molar-refractivity contribution in [1.82, 2.24) is 10.0 Å². The first-order valence-corrected chi connectivity index (χ1v) is 12.5. The highest BCUT2D eigenvalue weighted by atomic mass is 32.2. The first-order valence-electron chi connectivity index (χ1n) is 11.0. The van der Waals surface area contributed by atoms with E-state index >= 15 is 0 Å². The first kappa shape index (κ1) is 22.1. The predicted octanol–water partition coefficient (Wildman–Crippen LogP) is 3.90. The number of nitrogens with one attached hydrogen (secondary N) is 2. The molecule has 1 aromatic rings. The maximum atomic E-state index is 12.7. The molecule has 0 aliphatic heterocycles. The van der Waals surface area contributed by atoms with Crippen LogP contribution in [-0.2, 0) is 14.8 Å². The van der Waals surface area contributed by atoms with Crippen LogP contribution in [0.2, 0.25) is 0 Å². The van der Waals surface area contributed by atoms with Crippen LogP contribution in [0.15, 0.2) is 29.2 Å². The van der Waals surface area contributed by atoms with Crippen LogP contribution in [0.5, 0.6) is 5.75 Å². The van der Waals surface area contributed by atoms with Crippen LogP contribution in [0.25, 0.3) is 0 Å². The summed E-state index contributed by atoms with van der Waals surface area (Å²) in [5.74, 6) is 0.369. The van der Waals surface area contributed by atoms with Crippen LogP contribution in [-0.4, -0.2) is 32.5 Å². The second-order valence-electron chi connectivity index (χ2n) is 8.38. The average molecular weight is 423 g/mol. The number of hydrogen-bond donors (Lipinski definition) is 2. The molecule has 0 bridgehead atoms. The molecule has 2 saturated carbocycles. The molecule has 0 heterocycles. The van der Waals surface area contributed by atoms with Crippen LogP contribution in [0.3, 0.4) is 0 Å². The molecule has 0 spiro atoms. The Labute approximate surface area is 174 Å². The van der Waals surface area contributed by atoms with E-state index in [1.165, 1.54) is 19.3 Å². The summed E-state index contributed by atoms with van der Waals surface area (Å²) in [6, 6.07) is 6.57. The minimum absolute atomic E-state index is 0.0157. The van der Waals surface area contributed by atoms with Gasteiger partial charge in [-0.25, -0.2) is 13.1 Å². The van der Waals surface area contributed by atoms with Gasteiger partial charge in [-0.2, -0.15) is 0 Å². The summed E-state index contributed by atoms with van der Waals surface area (Å²) in [6.07, 6.45) is 11.3. The second kappa shape index (κ2) is 10.4. The lowest BCUT2D eigenvalue weighted by Crippen LogP contribution is -2.43. The Morgan fingerprint density at radius 2 is 1.41 bits per heavy atom.